The molecule has 4 rings (SSSR count). The Kier molecular flexibility index (Phi) is 8.76. The van der Waals surface area contributed by atoms with Crippen molar-refractivity contribution in [3.05, 3.63) is 77.0 Å². The molecule has 220 valence electrons. The summed E-state index contributed by atoms with van der Waals surface area (Å²) >= 11 is 6.38. The first kappa shape index (κ1) is 30.5. The number of ether oxygens (including phenoxy) is 1. The van der Waals surface area contributed by atoms with E-state index >= 15 is 4.39 Å². The summed E-state index contributed by atoms with van der Waals surface area (Å²) in [6.45, 7) is 0.224. The molecule has 1 fully saturated rings. The number of benzene rings is 2. The van der Waals surface area contributed by atoms with E-state index in [1.807, 2.05) is 4.90 Å². The van der Waals surface area contributed by atoms with Crippen LogP contribution >= 0.6 is 11.6 Å². The molecule has 0 aliphatic heterocycles. The summed E-state index contributed by atoms with van der Waals surface area (Å²) in [5, 5.41) is 3.07. The van der Waals surface area contributed by atoms with Crippen molar-refractivity contribution >= 4 is 39.6 Å². The first-order valence-electron chi connectivity index (χ1n) is 12.3. The smallest absolute Gasteiger partial charge is 0.416 e. The minimum Gasteiger partial charge on any atom is -0.456 e. The normalized spacial score (nSPS) is 21.4. The molecular weight excluding hydrogens is 590 g/mol. The van der Waals surface area contributed by atoms with E-state index in [4.69, 9.17) is 16.3 Å². The Morgan fingerprint density at radius 3 is 2.59 bits per heavy atom. The van der Waals surface area contributed by atoms with Gasteiger partial charge < -0.3 is 15.0 Å². The van der Waals surface area contributed by atoms with E-state index in [1.54, 1.807) is 14.1 Å². The zero-order valence-corrected chi connectivity index (χ0v) is 23.4. The summed E-state index contributed by atoms with van der Waals surface area (Å²) in [5.41, 5.74) is -1.88. The van der Waals surface area contributed by atoms with Crippen LogP contribution in [0.5, 0.6) is 0 Å². The second kappa shape index (κ2) is 11.8. The molecule has 1 heterocycles. The van der Waals surface area contributed by atoms with Gasteiger partial charge in [0.15, 0.2) is 0 Å². The van der Waals surface area contributed by atoms with Crippen LogP contribution < -0.4 is 10.0 Å². The van der Waals surface area contributed by atoms with Crippen LogP contribution in [-0.2, 0) is 31.3 Å². The predicted molar refractivity (Wildman–Crippen MR) is 143 cm³/mol. The van der Waals surface area contributed by atoms with Crippen LogP contribution in [0.2, 0.25) is 5.02 Å². The zero-order valence-electron chi connectivity index (χ0n) is 21.8. The third kappa shape index (κ3) is 6.71. The Hall–Kier alpha value is -3.49. The highest BCUT2D eigenvalue weighted by Crippen LogP contribution is 2.44. The number of halogens is 5. The summed E-state index contributed by atoms with van der Waals surface area (Å²) in [7, 11) is -0.874. The molecule has 15 heteroatoms. The largest absolute Gasteiger partial charge is 0.456 e. The van der Waals surface area contributed by atoms with Gasteiger partial charge in [-0.05, 0) is 62.8 Å². The van der Waals surface area contributed by atoms with E-state index in [9.17, 15) is 26.4 Å². The molecule has 1 aromatic heterocycles. The van der Waals surface area contributed by atoms with E-state index in [1.165, 1.54) is 24.4 Å². The van der Waals surface area contributed by atoms with Crippen molar-refractivity contribution in [1.82, 2.24) is 14.9 Å². The Balaban J connectivity index is 1.60. The minimum absolute atomic E-state index is 0.0597. The number of likely N-dealkylation sites (N-methyl/N-ethyl adjacent to an activating group) is 1. The first-order chi connectivity index (χ1) is 19.3. The van der Waals surface area contributed by atoms with Gasteiger partial charge in [-0.1, -0.05) is 23.7 Å². The van der Waals surface area contributed by atoms with Crippen LogP contribution in [0.1, 0.15) is 30.4 Å². The molecule has 3 atom stereocenters. The third-order valence-corrected chi connectivity index (χ3v) is 8.67. The lowest BCUT2D eigenvalue weighted by Crippen LogP contribution is -2.53. The van der Waals surface area contributed by atoms with Crippen LogP contribution in [0.3, 0.4) is 0 Å². The topological polar surface area (TPSA) is 114 Å². The van der Waals surface area contributed by atoms with Gasteiger partial charge in [-0.2, -0.15) is 13.2 Å². The number of sulfonamides is 1. The molecule has 2 aromatic carbocycles. The number of hydrogen-bond acceptors (Lipinski definition) is 8. The lowest BCUT2D eigenvalue weighted by molar-refractivity contribution is -0.151. The number of carbonyl (C=O) groups excluding carboxylic acids is 1. The van der Waals surface area contributed by atoms with Crippen LogP contribution in [0.15, 0.2) is 59.9 Å². The third-order valence-electron chi connectivity index (χ3n) is 6.99. The van der Waals surface area contributed by atoms with Crippen molar-refractivity contribution < 1.29 is 35.5 Å². The SMILES string of the molecule is CN(C)[C@@H]1C[C@@](OC=O)(c2cccc(C(F)(F)F)c2)CC[C@H]1Nc1cc(F)c(S(=O)(=O)Nc2ccncn2)cc1Cl. The maximum Gasteiger partial charge on any atom is 0.416 e. The van der Waals surface area contributed by atoms with Gasteiger partial charge in [0.2, 0.25) is 0 Å². The molecule has 41 heavy (non-hydrogen) atoms. The van der Waals surface area contributed by atoms with Gasteiger partial charge in [-0.3, -0.25) is 9.52 Å². The molecule has 9 nitrogen and oxygen atoms in total. The quantitative estimate of drug-likeness (QED) is 0.254. The number of carbonyl (C=O) groups is 1. The average molecular weight is 616 g/mol. The van der Waals surface area contributed by atoms with Gasteiger partial charge in [0.25, 0.3) is 16.5 Å². The standard InChI is InChI=1S/C26H26ClF4N5O4S/c1-36(2)22-13-25(40-15-37,16-4-3-5-17(10-16)26(29,30)31)8-6-20(22)34-21-12-19(28)23(11-18(21)27)41(38,39)35-24-7-9-32-14-33-24/h3-5,7,9-12,14-15,20,22,34H,6,8,13H2,1-2H3,(H,32,33,35)/t20-,22-,25-/m1/s1. The highest BCUT2D eigenvalue weighted by molar-refractivity contribution is 7.92. The molecule has 2 N–H and O–H groups in total. The summed E-state index contributed by atoms with van der Waals surface area (Å²) < 4.78 is 88.5. The van der Waals surface area contributed by atoms with E-state index < -0.39 is 50.2 Å². The summed E-state index contributed by atoms with van der Waals surface area (Å²) in [5.74, 6) is -1.13. The van der Waals surface area contributed by atoms with Crippen molar-refractivity contribution in [3.63, 3.8) is 0 Å². The fraction of sp³-hybridized carbons (Fsp3) is 0.346. The van der Waals surface area contributed by atoms with Gasteiger partial charge in [-0.15, -0.1) is 0 Å². The van der Waals surface area contributed by atoms with Crippen molar-refractivity contribution in [1.29, 1.82) is 0 Å². The highest BCUT2D eigenvalue weighted by Gasteiger charge is 2.46. The lowest BCUT2D eigenvalue weighted by atomic mass is 9.74. The van der Waals surface area contributed by atoms with E-state index in [2.05, 4.69) is 20.0 Å². The molecular formula is C26H26ClF4N5O4S. The predicted octanol–water partition coefficient (Wildman–Crippen LogP) is 5.05. The second-order valence-electron chi connectivity index (χ2n) is 9.77. The molecule has 0 radical (unpaired) electrons. The van der Waals surface area contributed by atoms with Gasteiger partial charge in [0, 0.05) is 24.7 Å². The fourth-order valence-electron chi connectivity index (χ4n) is 4.97. The minimum atomic E-state index is -4.58. The Morgan fingerprint density at radius 1 is 1.20 bits per heavy atom. The number of rotatable bonds is 9. The fourth-order valence-corrected chi connectivity index (χ4v) is 6.35. The van der Waals surface area contributed by atoms with Crippen molar-refractivity contribution in [2.45, 2.75) is 48.0 Å². The lowest BCUT2D eigenvalue weighted by Gasteiger charge is -2.46. The molecule has 0 bridgehead atoms. The number of hydrogen-bond donors (Lipinski definition) is 2. The number of anilines is 2. The molecule has 0 saturated heterocycles. The van der Waals surface area contributed by atoms with Gasteiger partial charge in [0.05, 0.1) is 16.3 Å². The number of aromatic nitrogens is 2. The Bertz CT molecular complexity index is 1510. The second-order valence-corrected chi connectivity index (χ2v) is 11.8. The molecule has 0 spiro atoms. The van der Waals surface area contributed by atoms with E-state index in [-0.39, 0.29) is 41.4 Å². The Labute approximate surface area is 238 Å². The van der Waals surface area contributed by atoms with Crippen LogP contribution in [0, 0.1) is 5.82 Å². The highest BCUT2D eigenvalue weighted by atomic mass is 35.5. The van der Waals surface area contributed by atoms with E-state index in [0.29, 0.717) is 6.42 Å². The van der Waals surface area contributed by atoms with Crippen LogP contribution in [0.25, 0.3) is 0 Å². The summed E-state index contributed by atoms with van der Waals surface area (Å²) in [6.07, 6.45) is -1.57. The van der Waals surface area contributed by atoms with Gasteiger partial charge >= 0.3 is 6.18 Å². The van der Waals surface area contributed by atoms with Gasteiger partial charge in [-0.25, -0.2) is 22.8 Å². The average Bonchev–Trinajstić information content (AvgIpc) is 2.91. The summed E-state index contributed by atoms with van der Waals surface area (Å²) in [4.78, 5) is 20.1. The van der Waals surface area contributed by atoms with Crippen LogP contribution in [0.4, 0.5) is 29.1 Å². The van der Waals surface area contributed by atoms with Crippen molar-refractivity contribution in [2.75, 3.05) is 24.1 Å². The van der Waals surface area contributed by atoms with E-state index in [0.717, 1.165) is 30.6 Å². The maximum atomic E-state index is 15.1. The molecule has 1 saturated carbocycles. The Morgan fingerprint density at radius 2 is 1.95 bits per heavy atom. The number of nitrogens with zero attached hydrogens (tertiary/aromatic N) is 3. The molecule has 1 aliphatic rings. The molecule has 1 aliphatic carbocycles. The molecule has 0 unspecified atom stereocenters. The monoisotopic (exact) mass is 615 g/mol. The first-order valence-corrected chi connectivity index (χ1v) is 14.1. The molecule has 0 amide bonds. The molecule has 3 aromatic rings. The maximum absolute atomic E-state index is 15.1. The van der Waals surface area contributed by atoms with Crippen molar-refractivity contribution in [2.24, 2.45) is 0 Å². The summed E-state index contributed by atoms with van der Waals surface area (Å²) in [6, 6.07) is 7.06. The van der Waals surface area contributed by atoms with Crippen LogP contribution in [-0.4, -0.2) is 55.9 Å². The number of alkyl halides is 3. The number of nitrogens with one attached hydrogen (secondary N) is 2. The zero-order chi connectivity index (χ0) is 30.0. The van der Waals surface area contributed by atoms with Gasteiger partial charge in [0.1, 0.15) is 28.5 Å². The van der Waals surface area contributed by atoms with Crippen molar-refractivity contribution in [3.8, 4) is 0 Å².